The van der Waals surface area contributed by atoms with Crippen LogP contribution in [0.25, 0.3) is 0 Å². The number of halogens is 1. The van der Waals surface area contributed by atoms with Gasteiger partial charge >= 0.3 is 0 Å². The maximum Gasteiger partial charge on any atom is 0.0545 e. The van der Waals surface area contributed by atoms with Gasteiger partial charge in [-0.15, -0.1) is 11.8 Å². The van der Waals surface area contributed by atoms with Gasteiger partial charge in [-0.05, 0) is 50.4 Å². The Morgan fingerprint density at radius 1 is 1.39 bits per heavy atom. The van der Waals surface area contributed by atoms with Crippen LogP contribution in [0.2, 0.25) is 5.02 Å². The Morgan fingerprint density at radius 2 is 2.11 bits per heavy atom. The molecule has 0 spiro atoms. The first-order valence-corrected chi connectivity index (χ1v) is 8.16. The van der Waals surface area contributed by atoms with Gasteiger partial charge in [-0.25, -0.2) is 0 Å². The molecule has 0 aromatic heterocycles. The smallest absolute Gasteiger partial charge is 0.0545 e. The van der Waals surface area contributed by atoms with Gasteiger partial charge in [-0.2, -0.15) is 0 Å². The van der Waals surface area contributed by atoms with E-state index in [0.29, 0.717) is 6.04 Å². The number of nitrogens with one attached hydrogen (secondary N) is 1. The molecule has 0 radical (unpaired) electrons. The van der Waals surface area contributed by atoms with Crippen LogP contribution >= 0.6 is 23.4 Å². The molecule has 18 heavy (non-hydrogen) atoms. The van der Waals surface area contributed by atoms with Gasteiger partial charge in [0, 0.05) is 16.7 Å². The van der Waals surface area contributed by atoms with E-state index in [0.717, 1.165) is 10.9 Å². The normalized spacial score (nSPS) is 18.2. The summed E-state index contributed by atoms with van der Waals surface area (Å²) in [4.78, 5) is 1.23. The number of hydrogen-bond acceptors (Lipinski definition) is 2. The van der Waals surface area contributed by atoms with E-state index in [1.807, 2.05) is 18.8 Å². The highest BCUT2D eigenvalue weighted by Crippen LogP contribution is 2.34. The minimum Gasteiger partial charge on any atom is -0.313 e. The van der Waals surface area contributed by atoms with E-state index in [1.165, 1.54) is 41.9 Å². The van der Waals surface area contributed by atoms with E-state index in [9.17, 15) is 0 Å². The predicted octanol–water partition coefficient (Wildman–Crippen LogP) is 4.90. The third-order valence-electron chi connectivity index (χ3n) is 3.84. The number of hydrogen-bond donors (Lipinski definition) is 1. The monoisotopic (exact) mass is 283 g/mol. The summed E-state index contributed by atoms with van der Waals surface area (Å²) < 4.78 is 0. The van der Waals surface area contributed by atoms with Crippen LogP contribution in [0, 0.1) is 5.92 Å². The Kier molecular flexibility index (Phi) is 5.40. The van der Waals surface area contributed by atoms with Gasteiger partial charge in [-0.3, -0.25) is 0 Å². The zero-order valence-electron chi connectivity index (χ0n) is 11.2. The second kappa shape index (κ2) is 6.83. The molecule has 1 aromatic rings. The molecule has 0 aliphatic heterocycles. The zero-order chi connectivity index (χ0) is 13.0. The average Bonchev–Trinajstić information content (AvgIpc) is 2.89. The molecule has 100 valence electrons. The molecule has 1 N–H and O–H groups in total. The highest BCUT2D eigenvalue weighted by molar-refractivity contribution is 7.99. The van der Waals surface area contributed by atoms with Crippen LogP contribution in [-0.4, -0.2) is 12.8 Å². The number of rotatable bonds is 5. The first-order valence-electron chi connectivity index (χ1n) is 6.80. The van der Waals surface area contributed by atoms with Gasteiger partial charge in [0.1, 0.15) is 0 Å². The highest BCUT2D eigenvalue weighted by Gasteiger charge is 2.16. The Balaban J connectivity index is 1.96. The van der Waals surface area contributed by atoms with Gasteiger partial charge < -0.3 is 5.32 Å². The average molecular weight is 284 g/mol. The third kappa shape index (κ3) is 3.66. The molecule has 0 saturated heterocycles. The van der Waals surface area contributed by atoms with Crippen molar-refractivity contribution < 1.29 is 0 Å². The van der Waals surface area contributed by atoms with Crippen LogP contribution < -0.4 is 5.32 Å². The quantitative estimate of drug-likeness (QED) is 0.771. The lowest BCUT2D eigenvalue weighted by Gasteiger charge is -2.13. The van der Waals surface area contributed by atoms with Crippen LogP contribution in [0.1, 0.15) is 44.2 Å². The fraction of sp³-hybridized carbons (Fsp3) is 0.600. The summed E-state index contributed by atoms with van der Waals surface area (Å²) in [5, 5.41) is 4.14. The van der Waals surface area contributed by atoms with Crippen LogP contribution in [0.5, 0.6) is 0 Å². The molecular formula is C15H22ClNS. The minimum atomic E-state index is 0.358. The molecule has 1 unspecified atom stereocenters. The third-order valence-corrected chi connectivity index (χ3v) is 5.57. The molecule has 1 aliphatic rings. The molecule has 1 fully saturated rings. The van der Waals surface area contributed by atoms with E-state index in [4.69, 9.17) is 11.6 Å². The van der Waals surface area contributed by atoms with Crippen LogP contribution in [-0.2, 0) is 0 Å². The molecule has 1 atom stereocenters. The number of benzene rings is 1. The van der Waals surface area contributed by atoms with Crippen LogP contribution in [0.15, 0.2) is 23.1 Å². The van der Waals surface area contributed by atoms with Crippen molar-refractivity contribution in [2.45, 2.75) is 43.5 Å². The minimum absolute atomic E-state index is 0.358. The predicted molar refractivity (Wildman–Crippen MR) is 81.6 cm³/mol. The lowest BCUT2D eigenvalue weighted by molar-refractivity contribution is 0.623. The Morgan fingerprint density at radius 3 is 2.72 bits per heavy atom. The first-order chi connectivity index (χ1) is 8.70. The van der Waals surface area contributed by atoms with E-state index in [-0.39, 0.29) is 0 Å². The van der Waals surface area contributed by atoms with Crippen LogP contribution in [0.3, 0.4) is 0 Å². The van der Waals surface area contributed by atoms with E-state index in [1.54, 1.807) is 0 Å². The molecule has 0 amide bonds. The Labute approximate surface area is 120 Å². The van der Waals surface area contributed by atoms with Crippen molar-refractivity contribution in [3.05, 3.63) is 28.8 Å². The summed E-state index contributed by atoms with van der Waals surface area (Å²) in [6.45, 7) is 2.15. The summed E-state index contributed by atoms with van der Waals surface area (Å²) in [7, 11) is 1.97. The SMILES string of the molecule is CNC(C)c1ccc(SCC2CCCC2)c(Cl)c1. The van der Waals surface area contributed by atoms with Crippen molar-refractivity contribution in [2.75, 3.05) is 12.8 Å². The van der Waals surface area contributed by atoms with Gasteiger partial charge in [0.05, 0.1) is 5.02 Å². The zero-order valence-corrected chi connectivity index (χ0v) is 12.8. The Hall–Kier alpha value is -0.180. The lowest BCUT2D eigenvalue weighted by atomic mass is 10.1. The Bertz CT molecular complexity index is 388. The fourth-order valence-corrected chi connectivity index (χ4v) is 3.92. The maximum absolute atomic E-state index is 6.37. The van der Waals surface area contributed by atoms with Gasteiger partial charge in [-0.1, -0.05) is 30.5 Å². The van der Waals surface area contributed by atoms with Gasteiger partial charge in [0.15, 0.2) is 0 Å². The van der Waals surface area contributed by atoms with Crippen LogP contribution in [0.4, 0.5) is 0 Å². The summed E-state index contributed by atoms with van der Waals surface area (Å²) in [5.41, 5.74) is 1.26. The standard InChI is InChI=1S/C15H22ClNS/c1-11(17-2)13-7-8-15(14(16)9-13)18-10-12-5-3-4-6-12/h7-9,11-12,17H,3-6,10H2,1-2H3. The van der Waals surface area contributed by atoms with Crippen molar-refractivity contribution in [2.24, 2.45) is 5.92 Å². The molecule has 1 nitrogen and oxygen atoms in total. The second-order valence-corrected chi connectivity index (χ2v) is 6.63. The topological polar surface area (TPSA) is 12.0 Å². The molecule has 0 bridgehead atoms. The maximum atomic E-state index is 6.37. The lowest BCUT2D eigenvalue weighted by Crippen LogP contribution is -2.12. The summed E-state index contributed by atoms with van der Waals surface area (Å²) in [6.07, 6.45) is 5.63. The second-order valence-electron chi connectivity index (χ2n) is 5.16. The summed E-state index contributed by atoms with van der Waals surface area (Å²) in [6, 6.07) is 6.81. The van der Waals surface area contributed by atoms with Gasteiger partial charge in [0.25, 0.3) is 0 Å². The number of thioether (sulfide) groups is 1. The molecular weight excluding hydrogens is 262 g/mol. The molecule has 1 saturated carbocycles. The fourth-order valence-electron chi connectivity index (χ4n) is 2.45. The summed E-state index contributed by atoms with van der Waals surface area (Å²) in [5.74, 6) is 2.13. The molecule has 1 aromatic carbocycles. The molecule has 3 heteroatoms. The molecule has 1 aliphatic carbocycles. The largest absolute Gasteiger partial charge is 0.313 e. The van der Waals surface area contributed by atoms with Crippen molar-refractivity contribution in [1.82, 2.24) is 5.32 Å². The molecule has 0 heterocycles. The van der Waals surface area contributed by atoms with E-state index >= 15 is 0 Å². The summed E-state index contributed by atoms with van der Waals surface area (Å²) >= 11 is 8.29. The van der Waals surface area contributed by atoms with Crippen molar-refractivity contribution >= 4 is 23.4 Å². The highest BCUT2D eigenvalue weighted by atomic mass is 35.5. The van der Waals surface area contributed by atoms with Crippen molar-refractivity contribution in [3.8, 4) is 0 Å². The first kappa shape index (κ1) is 14.2. The van der Waals surface area contributed by atoms with Gasteiger partial charge in [0.2, 0.25) is 0 Å². The van der Waals surface area contributed by atoms with Crippen molar-refractivity contribution in [1.29, 1.82) is 0 Å². The molecule has 2 rings (SSSR count). The van der Waals surface area contributed by atoms with Crippen molar-refractivity contribution in [3.63, 3.8) is 0 Å². The van der Waals surface area contributed by atoms with E-state index < -0.39 is 0 Å². The van der Waals surface area contributed by atoms with E-state index in [2.05, 4.69) is 30.4 Å².